The molecule has 1 aromatic carbocycles. The van der Waals surface area contributed by atoms with Gasteiger partial charge in [-0.25, -0.2) is 0 Å². The lowest BCUT2D eigenvalue weighted by atomic mass is 10.1. The summed E-state index contributed by atoms with van der Waals surface area (Å²) in [6.07, 6.45) is 15.2. The largest absolute Gasteiger partial charge is 0.184 e. The summed E-state index contributed by atoms with van der Waals surface area (Å²) in [5.41, 5.74) is 4.80. The highest BCUT2D eigenvalue weighted by atomic mass is 32.2. The average Bonchev–Trinajstić information content (AvgIpc) is 3.73. The van der Waals surface area contributed by atoms with E-state index in [-0.39, 0.29) is 0 Å². The molecule has 4 rings (SSSR count). The van der Waals surface area contributed by atoms with Crippen molar-refractivity contribution in [3.63, 3.8) is 0 Å². The molecule has 0 N–H and O–H groups in total. The topological polar surface area (TPSA) is 30.7 Å². The first kappa shape index (κ1) is 30.7. The number of unbranched alkanes of at least 4 members (excludes halogenated alkanes) is 9. The first-order valence-electron chi connectivity index (χ1n) is 15.1. The zero-order valence-corrected chi connectivity index (χ0v) is 27.3. The Morgan fingerprint density at radius 3 is 1.49 bits per heavy atom. The maximum Gasteiger partial charge on any atom is 0.123 e. The zero-order valence-electron chi connectivity index (χ0n) is 24.0. The van der Waals surface area contributed by atoms with Crippen LogP contribution in [0, 0.1) is 0 Å². The Labute approximate surface area is 252 Å². The maximum absolute atomic E-state index is 5.21. The molecule has 0 bridgehead atoms. The number of hydrogen-bond donors (Lipinski definition) is 0. The van der Waals surface area contributed by atoms with E-state index in [4.69, 9.17) is 10.2 Å². The fraction of sp³-hybridized carbons (Fsp3) is 0.562. The number of benzene rings is 1. The van der Waals surface area contributed by atoms with Gasteiger partial charge >= 0.3 is 0 Å². The highest BCUT2D eigenvalue weighted by Crippen LogP contribution is 2.51. The van der Waals surface area contributed by atoms with E-state index < -0.39 is 0 Å². The van der Waals surface area contributed by atoms with Gasteiger partial charge in [-0.15, -0.1) is 46.2 Å². The van der Waals surface area contributed by atoms with Gasteiger partial charge in [0.05, 0.1) is 6.54 Å². The molecule has 0 aliphatic carbocycles. The van der Waals surface area contributed by atoms with Crippen molar-refractivity contribution in [1.29, 1.82) is 0 Å². The van der Waals surface area contributed by atoms with Crippen molar-refractivity contribution >= 4 is 57.2 Å². The van der Waals surface area contributed by atoms with Gasteiger partial charge < -0.3 is 0 Å². The fourth-order valence-electron chi connectivity index (χ4n) is 4.89. The van der Waals surface area contributed by atoms with Gasteiger partial charge in [-0.1, -0.05) is 90.7 Å². The Morgan fingerprint density at radius 1 is 0.615 bits per heavy atom. The summed E-state index contributed by atoms with van der Waals surface area (Å²) in [6, 6.07) is 8.92. The van der Waals surface area contributed by atoms with Crippen molar-refractivity contribution in [2.45, 2.75) is 114 Å². The van der Waals surface area contributed by atoms with Crippen molar-refractivity contribution in [3.05, 3.63) is 35.0 Å². The molecule has 0 aliphatic rings. The van der Waals surface area contributed by atoms with Gasteiger partial charge in [0.15, 0.2) is 0 Å². The van der Waals surface area contributed by atoms with E-state index in [1.165, 1.54) is 101 Å². The predicted molar refractivity (Wildman–Crippen MR) is 178 cm³/mol. The minimum Gasteiger partial charge on any atom is -0.184 e. The van der Waals surface area contributed by atoms with E-state index in [1.807, 2.05) is 27.5 Å². The second kappa shape index (κ2) is 16.9. The van der Waals surface area contributed by atoms with Crippen LogP contribution in [0.3, 0.4) is 0 Å². The van der Waals surface area contributed by atoms with Gasteiger partial charge in [0.25, 0.3) is 0 Å². The summed E-state index contributed by atoms with van der Waals surface area (Å²) in [5, 5.41) is 14.8. The Morgan fingerprint density at radius 2 is 1.08 bits per heavy atom. The molecule has 3 aromatic heterocycles. The molecule has 0 amide bonds. The molecule has 0 aliphatic heterocycles. The number of aromatic nitrogens is 3. The van der Waals surface area contributed by atoms with Crippen LogP contribution >= 0.6 is 46.2 Å². The number of fused-ring (bicyclic) bond motifs is 1. The Hall–Kier alpha value is -1.28. The molecule has 212 valence electrons. The molecule has 4 aromatic rings. The standard InChI is InChI=1S/C32H45N3S4/c1-4-7-10-13-20-35-33-29-27(25-18-16-23-36-25)31(38-21-14-11-8-5-2)32(39-22-15-12-9-6-3)28(30(29)34-35)26-19-17-24-37-26/h16-19,23-24H,4-15,20-22H2,1-3H3. The van der Waals surface area contributed by atoms with Crippen molar-refractivity contribution < 1.29 is 0 Å². The summed E-state index contributed by atoms with van der Waals surface area (Å²) in [7, 11) is 0. The van der Waals surface area contributed by atoms with E-state index in [2.05, 4.69) is 79.3 Å². The second-order valence-electron chi connectivity index (χ2n) is 10.2. The van der Waals surface area contributed by atoms with Crippen LogP contribution in [0.4, 0.5) is 0 Å². The predicted octanol–water partition coefficient (Wildman–Crippen LogP) is 11.8. The molecule has 0 radical (unpaired) electrons. The highest BCUT2D eigenvalue weighted by molar-refractivity contribution is 8.02. The van der Waals surface area contributed by atoms with Crippen LogP contribution in [-0.4, -0.2) is 26.5 Å². The van der Waals surface area contributed by atoms with E-state index in [9.17, 15) is 0 Å². The molecule has 3 nitrogen and oxygen atoms in total. The lowest BCUT2D eigenvalue weighted by Gasteiger charge is -2.18. The van der Waals surface area contributed by atoms with Gasteiger partial charge in [0.1, 0.15) is 11.0 Å². The third-order valence-electron chi connectivity index (χ3n) is 7.02. The summed E-state index contributed by atoms with van der Waals surface area (Å²) < 4.78 is 0. The lowest BCUT2D eigenvalue weighted by molar-refractivity contribution is 0.495. The van der Waals surface area contributed by atoms with Gasteiger partial charge in [0.2, 0.25) is 0 Å². The third kappa shape index (κ3) is 8.37. The monoisotopic (exact) mass is 599 g/mol. The summed E-state index contributed by atoms with van der Waals surface area (Å²) in [5.74, 6) is 2.31. The van der Waals surface area contributed by atoms with Gasteiger partial charge in [0, 0.05) is 30.7 Å². The second-order valence-corrected chi connectivity index (χ2v) is 14.3. The Kier molecular flexibility index (Phi) is 13.3. The number of thiophene rings is 2. The molecule has 0 unspecified atom stereocenters. The number of thioether (sulfide) groups is 2. The molecule has 3 heterocycles. The SMILES string of the molecule is CCCCCCSc1c(SCCCCCC)c(-c2cccs2)c2nn(CCCCCC)nc2c1-c1cccs1. The maximum atomic E-state index is 5.21. The molecule has 0 atom stereocenters. The van der Waals surface area contributed by atoms with Crippen molar-refractivity contribution in [1.82, 2.24) is 15.0 Å². The Balaban J connectivity index is 1.84. The van der Waals surface area contributed by atoms with Crippen LogP contribution < -0.4 is 0 Å². The van der Waals surface area contributed by atoms with Gasteiger partial charge in [-0.2, -0.15) is 15.0 Å². The van der Waals surface area contributed by atoms with E-state index in [1.54, 1.807) is 0 Å². The minimum absolute atomic E-state index is 0.890. The molecular formula is C32H45N3S4. The van der Waals surface area contributed by atoms with Gasteiger partial charge in [-0.3, -0.25) is 0 Å². The smallest absolute Gasteiger partial charge is 0.123 e. The molecular weight excluding hydrogens is 555 g/mol. The van der Waals surface area contributed by atoms with E-state index in [0.29, 0.717) is 0 Å². The van der Waals surface area contributed by atoms with Crippen LogP contribution in [0.25, 0.3) is 31.9 Å². The molecule has 7 heteroatoms. The van der Waals surface area contributed by atoms with E-state index in [0.717, 1.165) is 35.5 Å². The molecule has 0 fully saturated rings. The summed E-state index contributed by atoms with van der Waals surface area (Å²) in [4.78, 5) is 7.51. The number of rotatable bonds is 19. The first-order chi connectivity index (χ1) is 19.3. The minimum atomic E-state index is 0.890. The highest BCUT2D eigenvalue weighted by Gasteiger charge is 2.26. The molecule has 39 heavy (non-hydrogen) atoms. The van der Waals surface area contributed by atoms with E-state index >= 15 is 0 Å². The first-order valence-corrected chi connectivity index (χ1v) is 18.8. The van der Waals surface area contributed by atoms with Crippen LogP contribution in [0.1, 0.15) is 97.8 Å². The average molecular weight is 600 g/mol. The summed E-state index contributed by atoms with van der Waals surface area (Å²) >= 11 is 7.80. The zero-order chi connectivity index (χ0) is 27.3. The third-order valence-corrected chi connectivity index (χ3v) is 11.3. The Bertz CT molecular complexity index is 1140. The van der Waals surface area contributed by atoms with Crippen LogP contribution in [0.2, 0.25) is 0 Å². The van der Waals surface area contributed by atoms with Crippen LogP contribution in [0.15, 0.2) is 44.8 Å². The van der Waals surface area contributed by atoms with Crippen molar-refractivity contribution in [2.75, 3.05) is 11.5 Å². The van der Waals surface area contributed by atoms with Crippen LogP contribution in [0.5, 0.6) is 0 Å². The number of hydrogen-bond acceptors (Lipinski definition) is 6. The van der Waals surface area contributed by atoms with Crippen molar-refractivity contribution in [3.8, 4) is 20.9 Å². The summed E-state index contributed by atoms with van der Waals surface area (Å²) in [6.45, 7) is 7.75. The van der Waals surface area contributed by atoms with Crippen LogP contribution in [-0.2, 0) is 6.54 Å². The van der Waals surface area contributed by atoms with Gasteiger partial charge in [-0.05, 0) is 53.7 Å². The molecule has 0 saturated heterocycles. The lowest BCUT2D eigenvalue weighted by Crippen LogP contribution is -2.02. The van der Waals surface area contributed by atoms with Crippen molar-refractivity contribution in [2.24, 2.45) is 0 Å². The molecule has 0 saturated carbocycles. The molecule has 0 spiro atoms. The number of aryl methyl sites for hydroxylation is 1. The quantitative estimate of drug-likeness (QED) is 0.0792. The fourth-order valence-corrected chi connectivity index (χ4v) is 9.20. The normalized spacial score (nSPS) is 11.7. The number of nitrogens with zero attached hydrogens (tertiary/aromatic N) is 3.